The molecule has 0 saturated heterocycles. The van der Waals surface area contributed by atoms with Crippen LogP contribution >= 0.6 is 0 Å². The Labute approximate surface area is 153 Å². The van der Waals surface area contributed by atoms with Crippen LogP contribution in [0.3, 0.4) is 0 Å². The molecule has 0 bridgehead atoms. The molecule has 26 heavy (non-hydrogen) atoms. The number of primary amides is 1. The van der Waals surface area contributed by atoms with Gasteiger partial charge in [0.1, 0.15) is 0 Å². The smallest absolute Gasteiger partial charge is 0.306 e. The van der Waals surface area contributed by atoms with Crippen LogP contribution in [0.25, 0.3) is 0 Å². The van der Waals surface area contributed by atoms with Crippen LogP contribution < -0.4 is 15.2 Å². The SMILES string of the molecule is COc1ccc([C@]2(C(N)=O)CC[C@@H](C(=O)O)CC2)cc1OC1CCCC1. The first-order chi connectivity index (χ1) is 12.5. The van der Waals surface area contributed by atoms with Gasteiger partial charge in [0.05, 0.1) is 24.5 Å². The number of methoxy groups -OCH3 is 1. The summed E-state index contributed by atoms with van der Waals surface area (Å²) in [7, 11) is 1.60. The van der Waals surface area contributed by atoms with Crippen LogP contribution in [0.1, 0.15) is 56.9 Å². The molecule has 0 radical (unpaired) electrons. The number of hydrogen-bond acceptors (Lipinski definition) is 4. The summed E-state index contributed by atoms with van der Waals surface area (Å²) >= 11 is 0. The summed E-state index contributed by atoms with van der Waals surface area (Å²) < 4.78 is 11.6. The van der Waals surface area contributed by atoms with Gasteiger partial charge in [-0.3, -0.25) is 9.59 Å². The van der Waals surface area contributed by atoms with E-state index in [1.165, 1.54) is 0 Å². The van der Waals surface area contributed by atoms with Gasteiger partial charge in [-0.15, -0.1) is 0 Å². The average molecular weight is 361 g/mol. The van der Waals surface area contributed by atoms with E-state index in [0.29, 0.717) is 37.2 Å². The first-order valence-corrected chi connectivity index (χ1v) is 9.34. The molecule has 0 aliphatic heterocycles. The Bertz CT molecular complexity index is 673. The highest BCUT2D eigenvalue weighted by atomic mass is 16.5. The minimum atomic E-state index is -0.841. The van der Waals surface area contributed by atoms with Gasteiger partial charge in [0.2, 0.25) is 5.91 Å². The Morgan fingerprint density at radius 3 is 2.31 bits per heavy atom. The molecule has 0 heterocycles. The maximum Gasteiger partial charge on any atom is 0.306 e. The van der Waals surface area contributed by atoms with E-state index in [2.05, 4.69) is 0 Å². The van der Waals surface area contributed by atoms with Gasteiger partial charge in [-0.1, -0.05) is 6.07 Å². The number of aliphatic carboxylic acids is 1. The molecule has 1 amide bonds. The zero-order valence-electron chi connectivity index (χ0n) is 15.2. The van der Waals surface area contributed by atoms with Crippen molar-refractivity contribution < 1.29 is 24.2 Å². The Hall–Kier alpha value is -2.24. The van der Waals surface area contributed by atoms with Crippen molar-refractivity contribution in [1.82, 2.24) is 0 Å². The summed E-state index contributed by atoms with van der Waals surface area (Å²) in [5.74, 6) is -0.339. The summed E-state index contributed by atoms with van der Waals surface area (Å²) in [6.45, 7) is 0. The zero-order chi connectivity index (χ0) is 18.7. The number of carbonyl (C=O) groups is 2. The van der Waals surface area contributed by atoms with E-state index in [1.807, 2.05) is 18.2 Å². The fourth-order valence-electron chi connectivity index (χ4n) is 4.29. The molecular formula is C20H27NO5. The van der Waals surface area contributed by atoms with Crippen LogP contribution in [-0.2, 0) is 15.0 Å². The van der Waals surface area contributed by atoms with Gasteiger partial charge in [-0.05, 0) is 69.1 Å². The van der Waals surface area contributed by atoms with Crippen molar-refractivity contribution in [3.63, 3.8) is 0 Å². The number of carbonyl (C=O) groups excluding carboxylic acids is 1. The molecule has 2 aliphatic carbocycles. The van der Waals surface area contributed by atoms with E-state index in [4.69, 9.17) is 15.2 Å². The molecule has 6 heteroatoms. The normalized spacial score (nSPS) is 26.4. The molecule has 142 valence electrons. The minimum Gasteiger partial charge on any atom is -0.493 e. The van der Waals surface area contributed by atoms with Gasteiger partial charge in [0.15, 0.2) is 11.5 Å². The van der Waals surface area contributed by atoms with Crippen molar-refractivity contribution in [3.8, 4) is 11.5 Å². The molecule has 6 nitrogen and oxygen atoms in total. The van der Waals surface area contributed by atoms with Gasteiger partial charge in [-0.25, -0.2) is 0 Å². The van der Waals surface area contributed by atoms with Gasteiger partial charge in [0.25, 0.3) is 0 Å². The number of ether oxygens (including phenoxy) is 2. The highest BCUT2D eigenvalue weighted by Gasteiger charge is 2.43. The predicted molar refractivity (Wildman–Crippen MR) is 96.3 cm³/mol. The van der Waals surface area contributed by atoms with Crippen LogP contribution in [-0.4, -0.2) is 30.2 Å². The van der Waals surface area contributed by atoms with E-state index in [9.17, 15) is 14.7 Å². The molecule has 2 aliphatic rings. The number of carboxylic acids is 1. The molecule has 3 rings (SSSR count). The molecular weight excluding hydrogens is 334 g/mol. The van der Waals surface area contributed by atoms with E-state index in [-0.39, 0.29) is 6.10 Å². The Morgan fingerprint density at radius 1 is 1.12 bits per heavy atom. The minimum absolute atomic E-state index is 0.173. The third kappa shape index (κ3) is 3.50. The van der Waals surface area contributed by atoms with E-state index >= 15 is 0 Å². The molecule has 2 fully saturated rings. The highest BCUT2D eigenvalue weighted by Crippen LogP contribution is 2.44. The highest BCUT2D eigenvalue weighted by molar-refractivity contribution is 5.87. The topological polar surface area (TPSA) is 98.9 Å². The fourth-order valence-corrected chi connectivity index (χ4v) is 4.29. The van der Waals surface area contributed by atoms with Gasteiger partial charge >= 0.3 is 5.97 Å². The number of hydrogen-bond donors (Lipinski definition) is 2. The number of benzene rings is 1. The molecule has 1 aromatic rings. The maximum absolute atomic E-state index is 12.4. The lowest BCUT2D eigenvalue weighted by molar-refractivity contribution is -0.144. The number of nitrogens with two attached hydrogens (primary N) is 1. The standard InChI is InChI=1S/C20H27NO5/c1-25-16-7-6-14(12-17(16)26-15-4-2-3-5-15)20(19(21)24)10-8-13(9-11-20)18(22)23/h6-7,12-13,15H,2-5,8-11H2,1H3,(H2,21,24)(H,22,23)/t13-,20+. The van der Waals surface area contributed by atoms with Crippen molar-refractivity contribution in [2.24, 2.45) is 11.7 Å². The van der Waals surface area contributed by atoms with Crippen molar-refractivity contribution >= 4 is 11.9 Å². The lowest BCUT2D eigenvalue weighted by Gasteiger charge is -2.37. The van der Waals surface area contributed by atoms with Crippen LogP contribution in [0.2, 0.25) is 0 Å². The lowest BCUT2D eigenvalue weighted by atomic mass is 9.66. The largest absolute Gasteiger partial charge is 0.493 e. The first-order valence-electron chi connectivity index (χ1n) is 9.34. The number of carboxylic acid groups (broad SMARTS) is 1. The monoisotopic (exact) mass is 361 g/mol. The average Bonchev–Trinajstić information content (AvgIpc) is 3.14. The lowest BCUT2D eigenvalue weighted by Crippen LogP contribution is -2.45. The number of rotatable bonds is 6. The van der Waals surface area contributed by atoms with Crippen molar-refractivity contribution in [1.29, 1.82) is 0 Å². The van der Waals surface area contributed by atoms with E-state index < -0.39 is 23.2 Å². The third-order valence-corrected chi connectivity index (χ3v) is 5.97. The molecule has 0 atom stereocenters. The second-order valence-corrected chi connectivity index (χ2v) is 7.45. The molecule has 2 saturated carbocycles. The summed E-state index contributed by atoms with van der Waals surface area (Å²) in [6.07, 6.45) is 6.31. The Kier molecular flexibility index (Phi) is 5.39. The first kappa shape index (κ1) is 18.5. The van der Waals surface area contributed by atoms with Crippen LogP contribution in [0.15, 0.2) is 18.2 Å². The second kappa shape index (κ2) is 7.56. The van der Waals surface area contributed by atoms with Crippen molar-refractivity contribution in [2.75, 3.05) is 7.11 Å². The maximum atomic E-state index is 12.4. The number of amides is 1. The molecule has 0 aromatic heterocycles. The van der Waals surface area contributed by atoms with Gasteiger partial charge in [-0.2, -0.15) is 0 Å². The molecule has 1 aromatic carbocycles. The summed E-state index contributed by atoms with van der Waals surface area (Å²) in [6, 6.07) is 5.53. The Morgan fingerprint density at radius 2 is 1.77 bits per heavy atom. The van der Waals surface area contributed by atoms with Crippen LogP contribution in [0.4, 0.5) is 0 Å². The predicted octanol–water partition coefficient (Wildman–Crippen LogP) is 3.01. The second-order valence-electron chi connectivity index (χ2n) is 7.45. The Balaban J connectivity index is 1.90. The van der Waals surface area contributed by atoms with Crippen molar-refractivity contribution in [2.45, 2.75) is 62.9 Å². The fraction of sp³-hybridized carbons (Fsp3) is 0.600. The van der Waals surface area contributed by atoms with E-state index in [0.717, 1.165) is 31.2 Å². The molecule has 3 N–H and O–H groups in total. The zero-order valence-corrected chi connectivity index (χ0v) is 15.2. The van der Waals surface area contributed by atoms with Gasteiger partial charge in [0, 0.05) is 0 Å². The van der Waals surface area contributed by atoms with Gasteiger partial charge < -0.3 is 20.3 Å². The third-order valence-electron chi connectivity index (χ3n) is 5.97. The van der Waals surface area contributed by atoms with Crippen LogP contribution in [0, 0.1) is 5.92 Å². The van der Waals surface area contributed by atoms with Crippen LogP contribution in [0.5, 0.6) is 11.5 Å². The van der Waals surface area contributed by atoms with Crippen molar-refractivity contribution in [3.05, 3.63) is 23.8 Å². The molecule has 0 spiro atoms. The van der Waals surface area contributed by atoms with E-state index in [1.54, 1.807) is 7.11 Å². The molecule has 0 unspecified atom stereocenters. The quantitative estimate of drug-likeness (QED) is 0.811. The summed E-state index contributed by atoms with van der Waals surface area (Å²) in [4.78, 5) is 23.6. The summed E-state index contributed by atoms with van der Waals surface area (Å²) in [5, 5.41) is 9.24. The summed E-state index contributed by atoms with van der Waals surface area (Å²) in [5.41, 5.74) is 5.73.